The SMILES string of the molecule is CC1(c2c(C#N)c(Cl)c3cnc(N)nn23)CCC1.FC1CCCOC1. The second-order valence-electron chi connectivity index (χ2n) is 6.79. The van der Waals surface area contributed by atoms with E-state index in [9.17, 15) is 9.65 Å². The topological polar surface area (TPSA) is 89.2 Å². The molecule has 0 spiro atoms. The number of halogens is 2. The molecule has 0 amide bonds. The summed E-state index contributed by atoms with van der Waals surface area (Å²) in [5, 5.41) is 13.9. The van der Waals surface area contributed by atoms with E-state index < -0.39 is 6.17 Å². The highest BCUT2D eigenvalue weighted by atomic mass is 35.5. The third-order valence-electron chi connectivity index (χ3n) is 4.89. The zero-order valence-corrected chi connectivity index (χ0v) is 14.9. The Bertz CT molecular complexity index is 805. The molecule has 2 aromatic rings. The van der Waals surface area contributed by atoms with Crippen molar-refractivity contribution in [1.29, 1.82) is 5.26 Å². The number of nitrogens with zero attached hydrogens (tertiary/aromatic N) is 4. The standard InChI is InChI=1S/C12H12ClN5.C5H9FO/c1-12(3-2-4-12)10-7(5-14)9(13)8-6-16-11(15)17-18(8)10;6-5-2-1-3-7-4-5/h6H,2-4H2,1H3,(H2,15,17);5H,1-4H2. The predicted molar refractivity (Wildman–Crippen MR) is 93.3 cm³/mol. The van der Waals surface area contributed by atoms with E-state index in [-0.39, 0.29) is 11.4 Å². The van der Waals surface area contributed by atoms with Crippen molar-refractivity contribution in [3.05, 3.63) is 22.5 Å². The van der Waals surface area contributed by atoms with Crippen LogP contribution in [-0.4, -0.2) is 34.0 Å². The molecule has 1 aliphatic heterocycles. The van der Waals surface area contributed by atoms with Crippen molar-refractivity contribution in [1.82, 2.24) is 14.6 Å². The van der Waals surface area contributed by atoms with Crippen molar-refractivity contribution >= 4 is 23.1 Å². The maximum Gasteiger partial charge on any atom is 0.238 e. The summed E-state index contributed by atoms with van der Waals surface area (Å²) in [5.74, 6) is 0.183. The van der Waals surface area contributed by atoms with Gasteiger partial charge < -0.3 is 10.5 Å². The van der Waals surface area contributed by atoms with Gasteiger partial charge in [-0.05, 0) is 25.7 Å². The smallest absolute Gasteiger partial charge is 0.238 e. The number of nitriles is 1. The van der Waals surface area contributed by atoms with Crippen LogP contribution in [0.5, 0.6) is 0 Å². The average Bonchev–Trinajstić information content (AvgIpc) is 2.85. The molecule has 2 aromatic heterocycles. The number of hydrogen-bond acceptors (Lipinski definition) is 5. The van der Waals surface area contributed by atoms with Gasteiger partial charge in [0.1, 0.15) is 17.8 Å². The third-order valence-corrected chi connectivity index (χ3v) is 5.27. The van der Waals surface area contributed by atoms with E-state index in [1.807, 2.05) is 0 Å². The van der Waals surface area contributed by atoms with Gasteiger partial charge in [-0.2, -0.15) is 5.26 Å². The monoisotopic (exact) mass is 365 g/mol. The number of alkyl halides is 1. The Kier molecular flexibility index (Phi) is 5.11. The first-order valence-electron chi connectivity index (χ1n) is 8.41. The summed E-state index contributed by atoms with van der Waals surface area (Å²) < 4.78 is 18.5. The first-order chi connectivity index (χ1) is 12.0. The molecule has 25 heavy (non-hydrogen) atoms. The van der Waals surface area contributed by atoms with Gasteiger partial charge >= 0.3 is 0 Å². The Morgan fingerprint density at radius 1 is 1.48 bits per heavy atom. The largest absolute Gasteiger partial charge is 0.378 e. The van der Waals surface area contributed by atoms with Crippen LogP contribution >= 0.6 is 11.6 Å². The number of nitrogens with two attached hydrogens (primary N) is 1. The van der Waals surface area contributed by atoms with Crippen molar-refractivity contribution in [2.45, 2.75) is 50.6 Å². The summed E-state index contributed by atoms with van der Waals surface area (Å²) in [5.41, 5.74) is 7.60. The number of nitrogen functional groups attached to an aromatic ring is 1. The molecule has 6 nitrogen and oxygen atoms in total. The van der Waals surface area contributed by atoms with E-state index in [0.29, 0.717) is 29.1 Å². The quantitative estimate of drug-likeness (QED) is 0.836. The molecule has 134 valence electrons. The molecule has 2 aliphatic rings. The fourth-order valence-corrected chi connectivity index (χ4v) is 3.59. The highest BCUT2D eigenvalue weighted by molar-refractivity contribution is 6.35. The molecule has 2 fully saturated rings. The van der Waals surface area contributed by atoms with Crippen LogP contribution < -0.4 is 5.73 Å². The fraction of sp³-hybridized carbons (Fsp3) is 0.588. The lowest BCUT2D eigenvalue weighted by Gasteiger charge is -2.38. The predicted octanol–water partition coefficient (Wildman–Crippen LogP) is 3.41. The van der Waals surface area contributed by atoms with Crippen LogP contribution in [0.2, 0.25) is 5.02 Å². The van der Waals surface area contributed by atoms with Crippen LogP contribution in [0.25, 0.3) is 5.52 Å². The second-order valence-corrected chi connectivity index (χ2v) is 7.17. The van der Waals surface area contributed by atoms with Crippen LogP contribution in [0, 0.1) is 11.3 Å². The van der Waals surface area contributed by atoms with Crippen LogP contribution in [-0.2, 0) is 10.2 Å². The zero-order valence-electron chi connectivity index (χ0n) is 14.1. The van der Waals surface area contributed by atoms with Crippen LogP contribution in [0.3, 0.4) is 0 Å². The Balaban J connectivity index is 0.000000219. The Hall–Kier alpha value is -1.91. The number of anilines is 1. The molecule has 0 bridgehead atoms. The van der Waals surface area contributed by atoms with Gasteiger partial charge in [0.25, 0.3) is 0 Å². The van der Waals surface area contributed by atoms with E-state index in [0.717, 1.165) is 38.0 Å². The van der Waals surface area contributed by atoms with Gasteiger partial charge in [0.05, 0.1) is 29.1 Å². The fourth-order valence-electron chi connectivity index (χ4n) is 3.33. The molecular weight excluding hydrogens is 345 g/mol. The lowest BCUT2D eigenvalue weighted by molar-refractivity contribution is 0.0366. The van der Waals surface area contributed by atoms with Gasteiger partial charge in [-0.3, -0.25) is 0 Å². The summed E-state index contributed by atoms with van der Waals surface area (Å²) >= 11 is 6.24. The molecule has 4 rings (SSSR count). The van der Waals surface area contributed by atoms with Crippen LogP contribution in [0.15, 0.2) is 6.20 Å². The van der Waals surface area contributed by atoms with Crippen molar-refractivity contribution in [2.24, 2.45) is 0 Å². The summed E-state index contributed by atoms with van der Waals surface area (Å²) in [6.45, 7) is 3.20. The molecule has 1 atom stereocenters. The van der Waals surface area contributed by atoms with Crippen molar-refractivity contribution in [3.8, 4) is 6.07 Å². The molecule has 0 aromatic carbocycles. The first kappa shape index (κ1) is 17.9. The van der Waals surface area contributed by atoms with Gasteiger partial charge in [-0.25, -0.2) is 13.9 Å². The van der Waals surface area contributed by atoms with E-state index in [1.54, 1.807) is 10.7 Å². The Morgan fingerprint density at radius 2 is 2.24 bits per heavy atom. The van der Waals surface area contributed by atoms with Gasteiger partial charge in [-0.15, -0.1) is 5.10 Å². The zero-order chi connectivity index (χ0) is 18.0. The number of rotatable bonds is 1. The molecule has 1 saturated heterocycles. The maximum absolute atomic E-state index is 12.1. The highest BCUT2D eigenvalue weighted by Crippen LogP contribution is 2.46. The first-order valence-corrected chi connectivity index (χ1v) is 8.79. The molecular formula is C17H21ClFN5O. The van der Waals surface area contributed by atoms with E-state index in [1.165, 1.54) is 0 Å². The molecule has 1 saturated carbocycles. The van der Waals surface area contributed by atoms with Gasteiger partial charge in [-0.1, -0.05) is 24.9 Å². The molecule has 1 unspecified atom stereocenters. The summed E-state index contributed by atoms with van der Waals surface area (Å²) in [4.78, 5) is 3.93. The minimum atomic E-state index is -0.686. The van der Waals surface area contributed by atoms with Crippen molar-refractivity contribution in [3.63, 3.8) is 0 Å². The van der Waals surface area contributed by atoms with E-state index >= 15 is 0 Å². The van der Waals surface area contributed by atoms with Gasteiger partial charge in [0.2, 0.25) is 5.95 Å². The van der Waals surface area contributed by atoms with Crippen molar-refractivity contribution in [2.75, 3.05) is 18.9 Å². The number of hydrogen-bond donors (Lipinski definition) is 1. The molecule has 0 radical (unpaired) electrons. The minimum absolute atomic E-state index is 0.0398. The Labute approximate surface area is 150 Å². The second kappa shape index (κ2) is 7.14. The van der Waals surface area contributed by atoms with Gasteiger partial charge in [0, 0.05) is 12.0 Å². The molecule has 2 N–H and O–H groups in total. The Morgan fingerprint density at radius 3 is 2.72 bits per heavy atom. The lowest BCUT2D eigenvalue weighted by Crippen LogP contribution is -2.33. The lowest BCUT2D eigenvalue weighted by atomic mass is 9.67. The summed E-state index contributed by atoms with van der Waals surface area (Å²) in [7, 11) is 0. The molecule has 3 heterocycles. The molecule has 8 heteroatoms. The number of fused-ring (bicyclic) bond motifs is 1. The summed E-state index contributed by atoms with van der Waals surface area (Å²) in [6, 6.07) is 2.19. The van der Waals surface area contributed by atoms with Crippen molar-refractivity contribution < 1.29 is 9.13 Å². The number of aromatic nitrogens is 3. The van der Waals surface area contributed by atoms with Crippen LogP contribution in [0.1, 0.15) is 50.3 Å². The number of ether oxygens (including phenoxy) is 1. The van der Waals surface area contributed by atoms with E-state index in [4.69, 9.17) is 22.1 Å². The maximum atomic E-state index is 12.1. The summed E-state index contributed by atoms with van der Waals surface area (Å²) in [6.07, 6.45) is 5.70. The minimum Gasteiger partial charge on any atom is -0.378 e. The average molecular weight is 366 g/mol. The van der Waals surface area contributed by atoms with Crippen LogP contribution in [0.4, 0.5) is 10.3 Å². The third kappa shape index (κ3) is 3.42. The highest BCUT2D eigenvalue weighted by Gasteiger charge is 2.40. The van der Waals surface area contributed by atoms with E-state index in [2.05, 4.69) is 23.1 Å². The molecule has 1 aliphatic carbocycles. The van der Waals surface area contributed by atoms with Gasteiger partial charge in [0.15, 0.2) is 0 Å². The normalized spacial score (nSPS) is 21.8.